The Labute approximate surface area is 108 Å². The van der Waals surface area contributed by atoms with Crippen molar-refractivity contribution in [3.63, 3.8) is 0 Å². The zero-order valence-electron chi connectivity index (χ0n) is 11.2. The van der Waals surface area contributed by atoms with E-state index in [1.165, 1.54) is 37.8 Å². The summed E-state index contributed by atoms with van der Waals surface area (Å²) < 4.78 is 13.0. The first-order valence-electron chi connectivity index (χ1n) is 6.87. The van der Waals surface area contributed by atoms with Crippen LogP contribution in [0.15, 0.2) is 18.2 Å². The van der Waals surface area contributed by atoms with E-state index in [1.807, 2.05) is 0 Å². The van der Waals surface area contributed by atoms with Crippen molar-refractivity contribution in [1.82, 2.24) is 4.90 Å². The predicted molar refractivity (Wildman–Crippen MR) is 71.1 cm³/mol. The molecule has 18 heavy (non-hydrogen) atoms. The largest absolute Gasteiger partial charge is 0.508 e. The maximum Gasteiger partial charge on any atom is 0.126 e. The highest BCUT2D eigenvalue weighted by molar-refractivity contribution is 5.35. The van der Waals surface area contributed by atoms with E-state index >= 15 is 0 Å². The number of rotatable bonds is 4. The molecule has 1 aliphatic rings. The van der Waals surface area contributed by atoms with Crippen molar-refractivity contribution < 1.29 is 9.50 Å². The maximum atomic E-state index is 13.0. The molecule has 100 valence electrons. The van der Waals surface area contributed by atoms with Gasteiger partial charge < -0.3 is 5.11 Å². The molecule has 0 aliphatic heterocycles. The lowest BCUT2D eigenvalue weighted by Crippen LogP contribution is -2.35. The molecule has 1 aromatic carbocycles. The lowest BCUT2D eigenvalue weighted by Gasteiger charge is -2.34. The third-order valence-electron chi connectivity index (χ3n) is 4.10. The Morgan fingerprint density at radius 3 is 2.61 bits per heavy atom. The van der Waals surface area contributed by atoms with E-state index in [4.69, 9.17) is 0 Å². The van der Waals surface area contributed by atoms with E-state index in [9.17, 15) is 9.50 Å². The third-order valence-corrected chi connectivity index (χ3v) is 4.10. The molecule has 2 nitrogen and oxygen atoms in total. The molecule has 1 unspecified atom stereocenters. The molecule has 0 bridgehead atoms. The van der Waals surface area contributed by atoms with Crippen LogP contribution in [0, 0.1) is 5.82 Å². The van der Waals surface area contributed by atoms with Crippen molar-refractivity contribution in [3.8, 4) is 5.75 Å². The monoisotopic (exact) mass is 251 g/mol. The highest BCUT2D eigenvalue weighted by Gasteiger charge is 2.27. The maximum absolute atomic E-state index is 13.0. The van der Waals surface area contributed by atoms with Gasteiger partial charge in [0.2, 0.25) is 0 Å². The van der Waals surface area contributed by atoms with Gasteiger partial charge in [-0.15, -0.1) is 0 Å². The van der Waals surface area contributed by atoms with Gasteiger partial charge >= 0.3 is 0 Å². The molecule has 1 aromatic rings. The van der Waals surface area contributed by atoms with Crippen LogP contribution in [0.4, 0.5) is 4.39 Å². The first kappa shape index (κ1) is 13.3. The average molecular weight is 251 g/mol. The molecule has 3 heteroatoms. The Morgan fingerprint density at radius 1 is 1.39 bits per heavy atom. The Hall–Kier alpha value is -1.09. The number of phenols is 1. The van der Waals surface area contributed by atoms with E-state index in [-0.39, 0.29) is 17.6 Å². The van der Waals surface area contributed by atoms with Crippen molar-refractivity contribution in [1.29, 1.82) is 0 Å². The fourth-order valence-electron chi connectivity index (χ4n) is 3.13. The minimum Gasteiger partial charge on any atom is -0.508 e. The second-order valence-corrected chi connectivity index (χ2v) is 5.15. The molecule has 0 spiro atoms. The molecule has 2 rings (SSSR count). The molecule has 0 amide bonds. The molecule has 0 saturated heterocycles. The van der Waals surface area contributed by atoms with E-state index in [0.29, 0.717) is 6.04 Å². The van der Waals surface area contributed by atoms with Crippen LogP contribution in [-0.2, 0) is 0 Å². The number of hydrogen-bond acceptors (Lipinski definition) is 2. The van der Waals surface area contributed by atoms with E-state index in [1.54, 1.807) is 6.07 Å². The van der Waals surface area contributed by atoms with Gasteiger partial charge in [-0.05, 0) is 32.4 Å². The summed E-state index contributed by atoms with van der Waals surface area (Å²) >= 11 is 0. The van der Waals surface area contributed by atoms with Gasteiger partial charge in [0.05, 0.1) is 0 Å². The Bertz CT molecular complexity index is 401. The predicted octanol–water partition coefficient (Wildman–Crippen LogP) is 3.86. The molecule has 0 heterocycles. The molecule has 1 aliphatic carbocycles. The van der Waals surface area contributed by atoms with Crippen LogP contribution in [0.5, 0.6) is 5.75 Å². The van der Waals surface area contributed by atoms with Crippen LogP contribution >= 0.6 is 0 Å². The Balaban J connectivity index is 2.19. The summed E-state index contributed by atoms with van der Waals surface area (Å²) in [5.41, 5.74) is 0.824. The molecule has 1 fully saturated rings. The Morgan fingerprint density at radius 2 is 2.06 bits per heavy atom. The molecule has 0 radical (unpaired) electrons. The van der Waals surface area contributed by atoms with Crippen LogP contribution in [0.1, 0.15) is 51.1 Å². The minimum atomic E-state index is -0.382. The number of phenolic OH excluding ortho intramolecular Hbond substituents is 1. The van der Waals surface area contributed by atoms with Crippen LogP contribution in [0.2, 0.25) is 0 Å². The first-order chi connectivity index (χ1) is 8.63. The number of halogens is 1. The smallest absolute Gasteiger partial charge is 0.126 e. The first-order valence-corrected chi connectivity index (χ1v) is 6.87. The standard InChI is InChI=1S/C15H22FNO/c1-3-17(13-6-4-5-7-13)11(2)14-9-8-12(16)10-15(14)18/h8-11,13,18H,3-7H2,1-2H3. The number of benzene rings is 1. The molecule has 1 atom stereocenters. The second kappa shape index (κ2) is 5.70. The molecular weight excluding hydrogens is 229 g/mol. The zero-order chi connectivity index (χ0) is 13.1. The average Bonchev–Trinajstić information content (AvgIpc) is 2.83. The van der Waals surface area contributed by atoms with Crippen LogP contribution in [0.3, 0.4) is 0 Å². The third kappa shape index (κ3) is 2.66. The van der Waals surface area contributed by atoms with Crippen molar-refractivity contribution in [2.75, 3.05) is 6.54 Å². The fourth-order valence-corrected chi connectivity index (χ4v) is 3.13. The number of aromatic hydroxyl groups is 1. The van der Waals surface area contributed by atoms with Gasteiger partial charge in [0.1, 0.15) is 11.6 Å². The summed E-state index contributed by atoms with van der Waals surface area (Å²) in [6.45, 7) is 5.20. The lowest BCUT2D eigenvalue weighted by atomic mass is 10.0. The summed E-state index contributed by atoms with van der Waals surface area (Å²) in [5.74, 6) is -0.314. The fraction of sp³-hybridized carbons (Fsp3) is 0.600. The van der Waals surface area contributed by atoms with Crippen LogP contribution in [0.25, 0.3) is 0 Å². The zero-order valence-corrected chi connectivity index (χ0v) is 11.2. The summed E-state index contributed by atoms with van der Waals surface area (Å²) in [7, 11) is 0. The molecule has 1 saturated carbocycles. The van der Waals surface area contributed by atoms with Gasteiger partial charge in [0.15, 0.2) is 0 Å². The highest BCUT2D eigenvalue weighted by Crippen LogP contribution is 2.34. The van der Waals surface area contributed by atoms with Gasteiger partial charge in [-0.3, -0.25) is 4.90 Å². The Kier molecular flexibility index (Phi) is 4.23. The molecular formula is C15H22FNO. The van der Waals surface area contributed by atoms with Gasteiger partial charge in [0.25, 0.3) is 0 Å². The van der Waals surface area contributed by atoms with Gasteiger partial charge in [-0.25, -0.2) is 4.39 Å². The van der Waals surface area contributed by atoms with E-state index in [0.717, 1.165) is 12.1 Å². The SMILES string of the molecule is CCN(C1CCCC1)C(C)c1ccc(F)cc1O. The van der Waals surface area contributed by atoms with Crippen molar-refractivity contribution >= 4 is 0 Å². The van der Waals surface area contributed by atoms with Crippen LogP contribution < -0.4 is 0 Å². The van der Waals surface area contributed by atoms with Gasteiger partial charge in [-0.1, -0.05) is 25.8 Å². The van der Waals surface area contributed by atoms with Gasteiger partial charge in [-0.2, -0.15) is 0 Å². The van der Waals surface area contributed by atoms with Crippen LogP contribution in [-0.4, -0.2) is 22.6 Å². The summed E-state index contributed by atoms with van der Waals surface area (Å²) in [4.78, 5) is 2.42. The molecule has 1 N–H and O–H groups in total. The van der Waals surface area contributed by atoms with E-state index < -0.39 is 0 Å². The summed E-state index contributed by atoms with van der Waals surface area (Å²) in [6, 6.07) is 5.07. The minimum absolute atomic E-state index is 0.0685. The normalized spacial score (nSPS) is 18.4. The number of nitrogens with zero attached hydrogens (tertiary/aromatic N) is 1. The van der Waals surface area contributed by atoms with E-state index in [2.05, 4.69) is 18.7 Å². The van der Waals surface area contributed by atoms with Crippen molar-refractivity contribution in [2.45, 2.75) is 51.6 Å². The van der Waals surface area contributed by atoms with Crippen molar-refractivity contribution in [2.24, 2.45) is 0 Å². The topological polar surface area (TPSA) is 23.5 Å². The second-order valence-electron chi connectivity index (χ2n) is 5.15. The van der Waals surface area contributed by atoms with Gasteiger partial charge in [0, 0.05) is 23.7 Å². The molecule has 0 aromatic heterocycles. The van der Waals surface area contributed by atoms with Crippen molar-refractivity contribution in [3.05, 3.63) is 29.6 Å². The quantitative estimate of drug-likeness (QED) is 0.878. The lowest BCUT2D eigenvalue weighted by molar-refractivity contribution is 0.152. The summed E-state index contributed by atoms with van der Waals surface area (Å²) in [5, 5.41) is 9.88. The summed E-state index contributed by atoms with van der Waals surface area (Å²) in [6.07, 6.45) is 5.06. The number of hydrogen-bond donors (Lipinski definition) is 1. The highest BCUT2D eigenvalue weighted by atomic mass is 19.1.